The molecule has 1 saturated heterocycles. The number of hydrogen-bond acceptors (Lipinski definition) is 5. The summed E-state index contributed by atoms with van der Waals surface area (Å²) in [5, 5.41) is 13.9. The first-order valence-corrected chi connectivity index (χ1v) is 22.4. The van der Waals surface area contributed by atoms with E-state index in [1.807, 2.05) is 0 Å². The van der Waals surface area contributed by atoms with Gasteiger partial charge in [-0.05, 0) is 146 Å². The molecular weight excluding hydrogens is 655 g/mol. The quantitative estimate of drug-likeness (QED) is 0.248. The van der Waals surface area contributed by atoms with Gasteiger partial charge in [0.2, 0.25) is 10.0 Å². The molecule has 1 aliphatic heterocycles. The van der Waals surface area contributed by atoms with Crippen molar-refractivity contribution in [2.45, 2.75) is 124 Å². The third-order valence-corrected chi connectivity index (χ3v) is 18.8. The molecule has 51 heavy (non-hydrogen) atoms. The van der Waals surface area contributed by atoms with E-state index in [0.29, 0.717) is 59.9 Å². The van der Waals surface area contributed by atoms with Crippen molar-refractivity contribution in [1.29, 1.82) is 0 Å². The average molecular weight is 724 g/mol. The molecule has 7 aliphatic rings. The van der Waals surface area contributed by atoms with Crippen molar-refractivity contribution in [2.75, 3.05) is 45.5 Å². The van der Waals surface area contributed by atoms with Gasteiger partial charge in [-0.2, -0.15) is 4.31 Å². The van der Waals surface area contributed by atoms with E-state index in [9.17, 15) is 18.3 Å². The largest absolute Gasteiger partial charge is 0.481 e. The third-order valence-electron chi connectivity index (χ3n) is 17.5. The number of sulfonamides is 1. The lowest BCUT2D eigenvalue weighted by atomic mass is 9.33. The van der Waals surface area contributed by atoms with Crippen LogP contribution in [0.15, 0.2) is 35.5 Å². The Morgan fingerprint density at radius 1 is 0.922 bits per heavy atom. The van der Waals surface area contributed by atoms with Crippen LogP contribution in [-0.4, -0.2) is 79.8 Å². The highest BCUT2D eigenvalue weighted by Gasteiger charge is 2.70. The summed E-state index contributed by atoms with van der Waals surface area (Å²) < 4.78 is 25.7. The summed E-state index contributed by atoms with van der Waals surface area (Å²) >= 11 is 0. The molecule has 0 aromatic carbocycles. The number of aliphatic carboxylic acids is 1. The number of rotatable bonds is 8. The number of hydrogen-bond donors (Lipinski definition) is 2. The Kier molecular flexibility index (Phi) is 9.70. The van der Waals surface area contributed by atoms with Crippen LogP contribution in [0.1, 0.15) is 119 Å². The Bertz CT molecular complexity index is 1580. The number of fused-ring (bicyclic) bond motifs is 7. The number of nitrogens with one attached hydrogen (secondary N) is 1. The van der Waals surface area contributed by atoms with Gasteiger partial charge in [-0.1, -0.05) is 58.9 Å². The summed E-state index contributed by atoms with van der Waals surface area (Å²) in [6.07, 6.45) is 20.0. The van der Waals surface area contributed by atoms with Gasteiger partial charge in [0, 0.05) is 44.8 Å². The van der Waals surface area contributed by atoms with Gasteiger partial charge in [0.15, 0.2) is 0 Å². The van der Waals surface area contributed by atoms with Gasteiger partial charge in [-0.3, -0.25) is 9.69 Å². The maximum absolute atomic E-state index is 12.1. The highest BCUT2D eigenvalue weighted by atomic mass is 32.2. The predicted octanol–water partition coefficient (Wildman–Crippen LogP) is 7.91. The van der Waals surface area contributed by atoms with E-state index in [2.05, 4.69) is 70.5 Å². The Balaban J connectivity index is 1.11. The molecule has 0 unspecified atom stereocenters. The summed E-state index contributed by atoms with van der Waals surface area (Å²) in [7, 11) is -3.11. The van der Waals surface area contributed by atoms with Crippen LogP contribution in [-0.2, 0) is 14.8 Å². The fourth-order valence-electron chi connectivity index (χ4n) is 14.7. The van der Waals surface area contributed by atoms with Crippen molar-refractivity contribution < 1.29 is 18.3 Å². The van der Waals surface area contributed by atoms with E-state index in [4.69, 9.17) is 0 Å². The van der Waals surface area contributed by atoms with Crippen LogP contribution in [0.4, 0.5) is 0 Å². The third kappa shape index (κ3) is 5.98. The monoisotopic (exact) mass is 724 g/mol. The molecule has 7 rings (SSSR count). The zero-order valence-corrected chi connectivity index (χ0v) is 33.8. The fourth-order valence-corrected chi connectivity index (χ4v) is 15.5. The molecule has 0 aromatic rings. The highest BCUT2D eigenvalue weighted by Crippen LogP contribution is 2.76. The topological polar surface area (TPSA) is 90.0 Å². The minimum atomic E-state index is -3.11. The Morgan fingerprint density at radius 2 is 1.65 bits per heavy atom. The SMILES string of the molecule is C=C(C)[C@@H]1CC[C@]2(NCCN3CCN(S(C)(=O)=O)CC3)CC[C@]3(C)[C@H](CC[C@@H]4[C@@]5(C)CC=C(C6=CC[C@H](C(=O)O)CC6)C(C)(C)[C@@H]5CC[C@]43C)[C@@H]12. The molecule has 0 spiro atoms. The van der Waals surface area contributed by atoms with Crippen LogP contribution in [0.3, 0.4) is 0 Å². The molecule has 0 radical (unpaired) electrons. The standard InChI is InChI=1S/C43H69N3O4S/c1-29(2)32-15-20-43(44-23-24-45-25-27-46(28-26-45)51(8,49)50)22-21-41(6)34(37(32)43)13-14-36-40(5)18-16-33(30-9-11-31(12-10-30)38(47)48)39(3,4)35(40)17-19-42(36,41)7/h9,16,31-32,34-37,44H,1,10-15,17-28H2,2-8H3,(H,47,48)/t31-,32-,34+,35-,36+,37+,40-,41+,42+,43-/m0/s1. The van der Waals surface area contributed by atoms with E-state index < -0.39 is 16.0 Å². The van der Waals surface area contributed by atoms with E-state index in [0.717, 1.165) is 45.4 Å². The molecule has 6 aliphatic carbocycles. The van der Waals surface area contributed by atoms with Crippen LogP contribution in [0.2, 0.25) is 0 Å². The summed E-state index contributed by atoms with van der Waals surface area (Å²) in [5.74, 6) is 2.37. The molecule has 0 amide bonds. The Hall–Kier alpha value is -1.48. The van der Waals surface area contributed by atoms with Gasteiger partial charge in [0.25, 0.3) is 0 Å². The minimum Gasteiger partial charge on any atom is -0.481 e. The molecule has 1 heterocycles. The number of allylic oxidation sites excluding steroid dienone is 5. The van der Waals surface area contributed by atoms with Gasteiger partial charge in [-0.25, -0.2) is 8.42 Å². The second-order valence-corrected chi connectivity index (χ2v) is 21.8. The van der Waals surface area contributed by atoms with Gasteiger partial charge in [-0.15, -0.1) is 0 Å². The van der Waals surface area contributed by atoms with Gasteiger partial charge < -0.3 is 10.4 Å². The number of carboxylic acids is 1. The zero-order valence-electron chi connectivity index (χ0n) is 33.0. The van der Waals surface area contributed by atoms with Crippen molar-refractivity contribution in [3.05, 3.63) is 35.5 Å². The lowest BCUT2D eigenvalue weighted by Crippen LogP contribution is -2.68. The molecule has 0 bridgehead atoms. The summed E-state index contributed by atoms with van der Waals surface area (Å²) in [6, 6.07) is 0. The Morgan fingerprint density at radius 3 is 2.27 bits per heavy atom. The molecule has 10 atom stereocenters. The Labute approximate surface area is 310 Å². The van der Waals surface area contributed by atoms with Crippen LogP contribution >= 0.6 is 0 Å². The normalized spacial score (nSPS) is 44.3. The first-order valence-electron chi connectivity index (χ1n) is 20.6. The van der Waals surface area contributed by atoms with E-state index in [1.165, 1.54) is 74.3 Å². The van der Waals surface area contributed by atoms with E-state index in [-0.39, 0.29) is 22.3 Å². The zero-order chi connectivity index (χ0) is 36.8. The summed E-state index contributed by atoms with van der Waals surface area (Å²) in [4.78, 5) is 14.1. The first-order chi connectivity index (χ1) is 23.9. The molecule has 5 fully saturated rings. The van der Waals surface area contributed by atoms with Gasteiger partial charge in [0.05, 0.1) is 12.2 Å². The molecule has 7 nitrogen and oxygen atoms in total. The van der Waals surface area contributed by atoms with Crippen LogP contribution in [0, 0.1) is 57.2 Å². The fraction of sp³-hybridized carbons (Fsp3) is 0.837. The van der Waals surface area contributed by atoms with Crippen molar-refractivity contribution in [3.63, 3.8) is 0 Å². The summed E-state index contributed by atoms with van der Waals surface area (Å²) in [5.41, 5.74) is 5.47. The lowest BCUT2D eigenvalue weighted by molar-refractivity contribution is -0.221. The smallest absolute Gasteiger partial charge is 0.306 e. The average Bonchev–Trinajstić information content (AvgIpc) is 3.45. The number of carboxylic acid groups (broad SMARTS) is 1. The first kappa shape index (κ1) is 37.8. The molecule has 0 aromatic heterocycles. The molecule has 286 valence electrons. The summed E-state index contributed by atoms with van der Waals surface area (Å²) in [6.45, 7) is 24.9. The minimum absolute atomic E-state index is 0.0908. The second-order valence-electron chi connectivity index (χ2n) is 19.9. The highest BCUT2D eigenvalue weighted by molar-refractivity contribution is 7.88. The maximum Gasteiger partial charge on any atom is 0.306 e. The lowest BCUT2D eigenvalue weighted by Gasteiger charge is -2.72. The van der Waals surface area contributed by atoms with E-state index in [1.54, 1.807) is 4.31 Å². The van der Waals surface area contributed by atoms with Gasteiger partial charge in [0.1, 0.15) is 0 Å². The van der Waals surface area contributed by atoms with Crippen molar-refractivity contribution >= 4 is 16.0 Å². The molecule has 8 heteroatoms. The van der Waals surface area contributed by atoms with Crippen LogP contribution in [0.25, 0.3) is 0 Å². The number of nitrogens with zero attached hydrogens (tertiary/aromatic N) is 2. The van der Waals surface area contributed by atoms with Crippen molar-refractivity contribution in [1.82, 2.24) is 14.5 Å². The van der Waals surface area contributed by atoms with Gasteiger partial charge >= 0.3 is 5.97 Å². The predicted molar refractivity (Wildman–Crippen MR) is 207 cm³/mol. The molecule has 4 saturated carbocycles. The number of piperazine rings is 1. The van der Waals surface area contributed by atoms with Crippen molar-refractivity contribution in [3.8, 4) is 0 Å². The molecular formula is C43H69N3O4S. The molecule has 2 N–H and O–H groups in total. The van der Waals surface area contributed by atoms with Crippen LogP contribution in [0.5, 0.6) is 0 Å². The van der Waals surface area contributed by atoms with Crippen molar-refractivity contribution in [2.24, 2.45) is 57.2 Å². The van der Waals surface area contributed by atoms with Crippen LogP contribution < -0.4 is 5.32 Å². The van der Waals surface area contributed by atoms with E-state index >= 15 is 0 Å². The maximum atomic E-state index is 12.1. The second kappa shape index (κ2) is 13.1. The number of carbonyl (C=O) groups is 1.